The molecule has 0 fully saturated rings. The molecule has 41 heavy (non-hydrogen) atoms. The van der Waals surface area contributed by atoms with Crippen molar-refractivity contribution in [2.45, 2.75) is 13.2 Å². The van der Waals surface area contributed by atoms with Gasteiger partial charge in [0.15, 0.2) is 8.15 Å². The molecule has 1 aliphatic rings. The van der Waals surface area contributed by atoms with E-state index < -0.39 is 8.15 Å². The number of hydrogen-bond donors (Lipinski definition) is 0. The van der Waals surface area contributed by atoms with E-state index in [9.17, 15) is 0 Å². The van der Waals surface area contributed by atoms with Crippen molar-refractivity contribution in [1.29, 1.82) is 0 Å². The van der Waals surface area contributed by atoms with E-state index in [2.05, 4.69) is 133 Å². The lowest BCUT2D eigenvalue weighted by atomic mass is 9.88. The molecule has 0 N–H and O–H groups in total. The van der Waals surface area contributed by atoms with Crippen molar-refractivity contribution in [2.24, 2.45) is 0 Å². The summed E-state index contributed by atoms with van der Waals surface area (Å²) in [6.45, 7) is 1.12. The average Bonchev–Trinajstić information content (AvgIpc) is 3.52. The van der Waals surface area contributed by atoms with Crippen LogP contribution in [0.1, 0.15) is 11.1 Å². The minimum Gasteiger partial charge on any atom is -0.496 e. The quantitative estimate of drug-likeness (QED) is 0.186. The third-order valence-corrected chi connectivity index (χ3v) is 9.49. The Bertz CT molecular complexity index is 1780. The van der Waals surface area contributed by atoms with Gasteiger partial charge in [0.1, 0.15) is 11.5 Å². The molecular weight excluding hydrogens is 523 g/mol. The van der Waals surface area contributed by atoms with Gasteiger partial charge in [-0.1, -0.05) is 121 Å². The highest BCUT2D eigenvalue weighted by atomic mass is 31.1. The molecule has 0 unspecified atom stereocenters. The second-order valence-corrected chi connectivity index (χ2v) is 11.8. The number of ether oxygens (including phenoxy) is 2. The molecule has 0 saturated heterocycles. The van der Waals surface area contributed by atoms with Crippen LogP contribution in [-0.4, -0.2) is 7.11 Å². The summed E-state index contributed by atoms with van der Waals surface area (Å²) < 4.78 is 19.5. The van der Waals surface area contributed by atoms with E-state index >= 15 is 0 Å². The highest BCUT2D eigenvalue weighted by molar-refractivity contribution is 7.68. The number of hydrogen-bond acceptors (Lipinski definition) is 3. The summed E-state index contributed by atoms with van der Waals surface area (Å²) in [5, 5.41) is 4.58. The largest absolute Gasteiger partial charge is 0.496 e. The van der Waals surface area contributed by atoms with Crippen LogP contribution in [0.2, 0.25) is 0 Å². The van der Waals surface area contributed by atoms with Crippen LogP contribution < -0.4 is 19.9 Å². The van der Waals surface area contributed by atoms with Gasteiger partial charge in [0.25, 0.3) is 0 Å². The maximum atomic E-state index is 7.39. The minimum absolute atomic E-state index is 0.553. The fraction of sp³-hybridized carbons (Fsp3) is 0.0811. The van der Waals surface area contributed by atoms with E-state index in [0.717, 1.165) is 55.1 Å². The highest BCUT2D eigenvalue weighted by Crippen LogP contribution is 2.53. The molecule has 0 atom stereocenters. The molecule has 1 heterocycles. The highest BCUT2D eigenvalue weighted by Gasteiger charge is 2.29. The summed E-state index contributed by atoms with van der Waals surface area (Å²) >= 11 is 0. The molecule has 0 radical (unpaired) electrons. The van der Waals surface area contributed by atoms with Gasteiger partial charge in [-0.15, -0.1) is 0 Å². The second-order valence-electron chi connectivity index (χ2n) is 10.0. The fourth-order valence-electron chi connectivity index (χ4n) is 5.68. The third-order valence-electron chi connectivity index (χ3n) is 7.59. The molecule has 0 aromatic heterocycles. The summed E-state index contributed by atoms with van der Waals surface area (Å²) in [5.41, 5.74) is 6.62. The zero-order valence-corrected chi connectivity index (χ0v) is 23.7. The van der Waals surface area contributed by atoms with Crippen LogP contribution in [0.25, 0.3) is 33.0 Å². The number of rotatable bonds is 7. The van der Waals surface area contributed by atoms with Crippen molar-refractivity contribution in [1.82, 2.24) is 0 Å². The zero-order chi connectivity index (χ0) is 27.6. The molecule has 6 aromatic rings. The molecule has 6 aromatic carbocycles. The molecule has 0 aliphatic carbocycles. The Morgan fingerprint density at radius 1 is 0.634 bits per heavy atom. The lowest BCUT2D eigenvalue weighted by Crippen LogP contribution is -2.16. The van der Waals surface area contributed by atoms with Gasteiger partial charge in [-0.2, -0.15) is 0 Å². The second kappa shape index (κ2) is 11.2. The summed E-state index contributed by atoms with van der Waals surface area (Å²) in [4.78, 5) is 0. The molecule has 4 heteroatoms. The van der Waals surface area contributed by atoms with E-state index in [0.29, 0.717) is 13.2 Å². The van der Waals surface area contributed by atoms with E-state index in [1.165, 1.54) is 11.1 Å². The molecular formula is C37H29O3P. The Morgan fingerprint density at radius 3 is 1.95 bits per heavy atom. The smallest absolute Gasteiger partial charge is 0.150 e. The average molecular weight is 553 g/mol. The topological polar surface area (TPSA) is 27.7 Å². The van der Waals surface area contributed by atoms with Gasteiger partial charge in [-0.3, -0.25) is 0 Å². The standard InChI is InChI=1S/C37H29O3P/c1-38-34-22-21-26-13-11-12-20-31(26)36(34)32-23-28-24-39-25-33(28)35(27-14-5-2-6-15-27)37(32)40-41(29-16-7-3-8-17-29)30-18-9-4-10-19-30/h2-23H,24-25H2,1H3. The lowest BCUT2D eigenvalue weighted by molar-refractivity contribution is 0.134. The van der Waals surface area contributed by atoms with Crippen molar-refractivity contribution in [3.05, 3.63) is 145 Å². The van der Waals surface area contributed by atoms with Crippen LogP contribution in [0.4, 0.5) is 0 Å². The summed E-state index contributed by atoms with van der Waals surface area (Å²) in [6.07, 6.45) is 0. The first-order valence-electron chi connectivity index (χ1n) is 13.8. The van der Waals surface area contributed by atoms with Crippen molar-refractivity contribution in [2.75, 3.05) is 7.11 Å². The van der Waals surface area contributed by atoms with Crippen LogP contribution in [0.15, 0.2) is 133 Å². The summed E-state index contributed by atoms with van der Waals surface area (Å²) in [7, 11) is 0.554. The Morgan fingerprint density at radius 2 is 1.27 bits per heavy atom. The SMILES string of the molecule is COc1ccc2ccccc2c1-c1cc2c(c(-c3ccccc3)c1OP(c1ccccc1)c1ccccc1)COC2. The van der Waals surface area contributed by atoms with Gasteiger partial charge >= 0.3 is 0 Å². The van der Waals surface area contributed by atoms with Gasteiger partial charge in [0.05, 0.1) is 20.3 Å². The Hall–Kier alpha value is -4.43. The van der Waals surface area contributed by atoms with Gasteiger partial charge in [-0.05, 0) is 39.6 Å². The van der Waals surface area contributed by atoms with Gasteiger partial charge in [-0.25, -0.2) is 0 Å². The summed E-state index contributed by atoms with van der Waals surface area (Å²) in [5.74, 6) is 1.67. The molecule has 1 aliphatic heterocycles. The normalized spacial score (nSPS) is 12.4. The molecule has 7 rings (SSSR count). The maximum absolute atomic E-state index is 7.39. The predicted octanol–water partition coefficient (Wildman–Crippen LogP) is 8.64. The number of fused-ring (bicyclic) bond motifs is 2. The van der Waals surface area contributed by atoms with Crippen LogP contribution >= 0.6 is 8.15 Å². The van der Waals surface area contributed by atoms with Gasteiger partial charge in [0, 0.05) is 27.3 Å². The van der Waals surface area contributed by atoms with Crippen LogP contribution in [0.5, 0.6) is 11.5 Å². The summed E-state index contributed by atoms with van der Waals surface area (Å²) in [6, 6.07) is 46.6. The molecule has 0 bridgehead atoms. The Labute approximate surface area is 241 Å². The first-order chi connectivity index (χ1) is 20.3. The molecule has 0 amide bonds. The number of methoxy groups -OCH3 is 1. The van der Waals surface area contributed by atoms with E-state index in [1.807, 2.05) is 0 Å². The predicted molar refractivity (Wildman–Crippen MR) is 170 cm³/mol. The van der Waals surface area contributed by atoms with Crippen molar-refractivity contribution in [3.8, 4) is 33.8 Å². The van der Waals surface area contributed by atoms with E-state index in [-0.39, 0.29) is 0 Å². The first kappa shape index (κ1) is 25.5. The number of benzene rings is 6. The third kappa shape index (κ3) is 4.78. The molecule has 0 spiro atoms. The molecule has 0 saturated carbocycles. The van der Waals surface area contributed by atoms with Crippen molar-refractivity contribution >= 4 is 29.5 Å². The van der Waals surface area contributed by atoms with Crippen LogP contribution in [0, 0.1) is 0 Å². The fourth-order valence-corrected chi connectivity index (χ4v) is 7.45. The first-order valence-corrected chi connectivity index (χ1v) is 15.0. The van der Waals surface area contributed by atoms with E-state index in [1.54, 1.807) is 7.11 Å². The van der Waals surface area contributed by atoms with Crippen LogP contribution in [0.3, 0.4) is 0 Å². The monoisotopic (exact) mass is 552 g/mol. The Kier molecular flexibility index (Phi) is 6.98. The van der Waals surface area contributed by atoms with Gasteiger partial charge in [0.2, 0.25) is 0 Å². The van der Waals surface area contributed by atoms with Crippen molar-refractivity contribution in [3.63, 3.8) is 0 Å². The Balaban J connectivity index is 1.56. The maximum Gasteiger partial charge on any atom is 0.150 e. The van der Waals surface area contributed by atoms with Crippen molar-refractivity contribution < 1.29 is 14.0 Å². The van der Waals surface area contributed by atoms with Crippen LogP contribution in [-0.2, 0) is 18.0 Å². The minimum atomic E-state index is -1.19. The van der Waals surface area contributed by atoms with E-state index in [4.69, 9.17) is 14.0 Å². The molecule has 3 nitrogen and oxygen atoms in total. The van der Waals surface area contributed by atoms with Gasteiger partial charge < -0.3 is 14.0 Å². The molecule has 200 valence electrons. The zero-order valence-electron chi connectivity index (χ0n) is 22.8. The lowest BCUT2D eigenvalue weighted by Gasteiger charge is -2.26.